The van der Waals surface area contributed by atoms with E-state index in [9.17, 15) is 14.4 Å². The number of methoxy groups -OCH3 is 2. The Balaban J connectivity index is 2.14. The molecule has 1 amide bonds. The molecule has 2 rings (SSSR count). The Hall–Kier alpha value is -3.03. The number of aromatic amines is 1. The lowest BCUT2D eigenvalue weighted by atomic mass is 10.1. The van der Waals surface area contributed by atoms with Crippen molar-refractivity contribution >= 4 is 5.91 Å². The Bertz CT molecular complexity index is 840. The highest BCUT2D eigenvalue weighted by molar-refractivity contribution is 5.76. The molecule has 0 aliphatic rings. The molecular weight excluding hydrogens is 314 g/mol. The number of H-pyrrole nitrogens is 1. The van der Waals surface area contributed by atoms with Crippen LogP contribution in [0.5, 0.6) is 11.5 Å². The van der Waals surface area contributed by atoms with E-state index in [0.29, 0.717) is 11.5 Å². The van der Waals surface area contributed by atoms with E-state index >= 15 is 0 Å². The minimum Gasteiger partial charge on any atom is -0.497 e. The van der Waals surface area contributed by atoms with E-state index in [0.717, 1.165) is 10.1 Å². The molecule has 8 heteroatoms. The summed E-state index contributed by atoms with van der Waals surface area (Å²) in [4.78, 5) is 36.9. The third-order valence-corrected chi connectivity index (χ3v) is 3.49. The van der Waals surface area contributed by atoms with Crippen molar-refractivity contribution in [3.05, 3.63) is 56.9 Å². The fraction of sp³-hybridized carbons (Fsp3) is 0.312. The molecule has 1 aromatic carbocycles. The molecule has 2 aromatic rings. The van der Waals surface area contributed by atoms with Crippen molar-refractivity contribution in [1.29, 1.82) is 0 Å². The molecule has 1 aromatic heterocycles. The molecule has 8 nitrogen and oxygen atoms in total. The van der Waals surface area contributed by atoms with Crippen LogP contribution in [0, 0.1) is 0 Å². The number of aromatic nitrogens is 2. The maximum Gasteiger partial charge on any atom is 0.328 e. The molecule has 0 saturated heterocycles. The van der Waals surface area contributed by atoms with Crippen molar-refractivity contribution in [2.24, 2.45) is 0 Å². The van der Waals surface area contributed by atoms with Gasteiger partial charge in [0.25, 0.3) is 5.56 Å². The Morgan fingerprint density at radius 1 is 1.25 bits per heavy atom. The van der Waals surface area contributed by atoms with Gasteiger partial charge in [0, 0.05) is 17.8 Å². The van der Waals surface area contributed by atoms with Gasteiger partial charge in [-0.3, -0.25) is 19.1 Å². The van der Waals surface area contributed by atoms with Gasteiger partial charge in [-0.2, -0.15) is 0 Å². The molecule has 0 radical (unpaired) electrons. The topological polar surface area (TPSA) is 102 Å². The molecule has 0 aliphatic heterocycles. The number of hydrogen-bond donors (Lipinski definition) is 2. The predicted octanol–water partition coefficient (Wildman–Crippen LogP) is 0.431. The summed E-state index contributed by atoms with van der Waals surface area (Å²) in [6.45, 7) is 1.59. The monoisotopic (exact) mass is 333 g/mol. The van der Waals surface area contributed by atoms with Gasteiger partial charge < -0.3 is 14.8 Å². The summed E-state index contributed by atoms with van der Waals surface area (Å²) in [5.74, 6) is 0.884. The van der Waals surface area contributed by atoms with Gasteiger partial charge in [-0.15, -0.1) is 0 Å². The molecule has 0 bridgehead atoms. The molecule has 1 heterocycles. The van der Waals surface area contributed by atoms with Crippen molar-refractivity contribution in [1.82, 2.24) is 14.9 Å². The van der Waals surface area contributed by atoms with E-state index in [4.69, 9.17) is 9.47 Å². The van der Waals surface area contributed by atoms with E-state index in [2.05, 4.69) is 10.3 Å². The average Bonchev–Trinajstić information content (AvgIpc) is 2.56. The number of carbonyl (C=O) groups excluding carboxylic acids is 1. The van der Waals surface area contributed by atoms with Gasteiger partial charge in [0.15, 0.2) is 0 Å². The second-order valence-corrected chi connectivity index (χ2v) is 5.14. The van der Waals surface area contributed by atoms with Crippen LogP contribution in [0.3, 0.4) is 0 Å². The van der Waals surface area contributed by atoms with Gasteiger partial charge in [0.2, 0.25) is 5.91 Å². The van der Waals surface area contributed by atoms with Gasteiger partial charge in [0.05, 0.1) is 20.3 Å². The van der Waals surface area contributed by atoms with Crippen LogP contribution in [-0.4, -0.2) is 29.7 Å². The van der Waals surface area contributed by atoms with Crippen LogP contribution in [0.2, 0.25) is 0 Å². The Labute approximate surface area is 138 Å². The summed E-state index contributed by atoms with van der Waals surface area (Å²) < 4.78 is 11.6. The molecule has 24 heavy (non-hydrogen) atoms. The molecule has 0 saturated carbocycles. The number of carbonyl (C=O) groups is 1. The smallest absolute Gasteiger partial charge is 0.328 e. The summed E-state index contributed by atoms with van der Waals surface area (Å²) >= 11 is 0. The van der Waals surface area contributed by atoms with Crippen LogP contribution in [0.25, 0.3) is 0 Å². The standard InChI is InChI=1S/C16H19N3O5/c1-10(12-8-11(23-2)4-5-13(12)24-3)17-15(21)9-19-7-6-14(20)18-16(19)22/h4-8,10H,9H2,1-3H3,(H,17,21)(H,18,20,22). The lowest BCUT2D eigenvalue weighted by Gasteiger charge is -2.18. The van der Waals surface area contributed by atoms with Crippen LogP contribution >= 0.6 is 0 Å². The second kappa shape index (κ2) is 7.49. The quantitative estimate of drug-likeness (QED) is 0.798. The number of rotatable bonds is 6. The van der Waals surface area contributed by atoms with Crippen molar-refractivity contribution in [3.63, 3.8) is 0 Å². The molecular formula is C16H19N3O5. The first kappa shape index (κ1) is 17.3. The molecule has 1 atom stereocenters. The summed E-state index contributed by atoms with van der Waals surface area (Å²) in [6, 6.07) is 6.11. The number of hydrogen-bond acceptors (Lipinski definition) is 5. The highest BCUT2D eigenvalue weighted by atomic mass is 16.5. The lowest BCUT2D eigenvalue weighted by Crippen LogP contribution is -2.36. The summed E-state index contributed by atoms with van der Waals surface area (Å²) in [5, 5.41) is 2.79. The van der Waals surface area contributed by atoms with Crippen molar-refractivity contribution in [2.75, 3.05) is 14.2 Å². The zero-order valence-electron chi connectivity index (χ0n) is 13.7. The van der Waals surface area contributed by atoms with E-state index in [-0.39, 0.29) is 18.5 Å². The maximum atomic E-state index is 12.2. The largest absolute Gasteiger partial charge is 0.497 e. The van der Waals surface area contributed by atoms with Crippen LogP contribution < -0.4 is 26.0 Å². The van der Waals surface area contributed by atoms with Crippen LogP contribution in [0.1, 0.15) is 18.5 Å². The first-order valence-electron chi connectivity index (χ1n) is 7.25. The van der Waals surface area contributed by atoms with Gasteiger partial charge in [0.1, 0.15) is 18.0 Å². The maximum absolute atomic E-state index is 12.2. The Morgan fingerprint density at radius 3 is 2.62 bits per heavy atom. The van der Waals surface area contributed by atoms with Gasteiger partial charge in [-0.25, -0.2) is 4.79 Å². The average molecular weight is 333 g/mol. The third kappa shape index (κ3) is 4.03. The predicted molar refractivity (Wildman–Crippen MR) is 87.4 cm³/mol. The SMILES string of the molecule is COc1ccc(OC)c(C(C)NC(=O)Cn2ccc(=O)[nH]c2=O)c1. The zero-order valence-corrected chi connectivity index (χ0v) is 13.7. The number of amides is 1. The lowest BCUT2D eigenvalue weighted by molar-refractivity contribution is -0.122. The van der Waals surface area contributed by atoms with E-state index in [1.807, 2.05) is 0 Å². The van der Waals surface area contributed by atoms with Crippen molar-refractivity contribution in [2.45, 2.75) is 19.5 Å². The fourth-order valence-corrected chi connectivity index (χ4v) is 2.27. The van der Waals surface area contributed by atoms with Gasteiger partial charge in [-0.05, 0) is 25.1 Å². The summed E-state index contributed by atoms with van der Waals surface area (Å²) in [5.41, 5.74) is -0.394. The molecule has 1 unspecified atom stereocenters. The Morgan fingerprint density at radius 2 is 2.00 bits per heavy atom. The van der Waals surface area contributed by atoms with Crippen molar-refractivity contribution in [3.8, 4) is 11.5 Å². The Kier molecular flexibility index (Phi) is 5.41. The van der Waals surface area contributed by atoms with E-state index < -0.39 is 11.2 Å². The van der Waals surface area contributed by atoms with Gasteiger partial charge >= 0.3 is 5.69 Å². The molecule has 128 valence electrons. The molecule has 0 fully saturated rings. The number of ether oxygens (including phenoxy) is 2. The van der Waals surface area contributed by atoms with Gasteiger partial charge in [-0.1, -0.05) is 0 Å². The van der Waals surface area contributed by atoms with Crippen LogP contribution in [-0.2, 0) is 11.3 Å². The minimum absolute atomic E-state index is 0.202. The number of benzene rings is 1. The first-order chi connectivity index (χ1) is 11.4. The molecule has 2 N–H and O–H groups in total. The van der Waals surface area contributed by atoms with E-state index in [1.54, 1.807) is 39.3 Å². The third-order valence-electron chi connectivity index (χ3n) is 3.49. The first-order valence-corrected chi connectivity index (χ1v) is 7.25. The zero-order chi connectivity index (χ0) is 17.7. The molecule has 0 aliphatic carbocycles. The highest BCUT2D eigenvalue weighted by Gasteiger charge is 2.15. The highest BCUT2D eigenvalue weighted by Crippen LogP contribution is 2.29. The van der Waals surface area contributed by atoms with Crippen LogP contribution in [0.15, 0.2) is 40.1 Å². The fourth-order valence-electron chi connectivity index (χ4n) is 2.27. The van der Waals surface area contributed by atoms with Crippen LogP contribution in [0.4, 0.5) is 0 Å². The summed E-state index contributed by atoms with van der Waals surface area (Å²) in [7, 11) is 3.09. The normalized spacial score (nSPS) is 11.6. The minimum atomic E-state index is -0.635. The second-order valence-electron chi connectivity index (χ2n) is 5.14. The van der Waals surface area contributed by atoms with E-state index in [1.165, 1.54) is 12.3 Å². The number of nitrogens with one attached hydrogen (secondary N) is 2. The summed E-state index contributed by atoms with van der Waals surface area (Å²) in [6.07, 6.45) is 1.28. The number of nitrogens with zero attached hydrogens (tertiary/aromatic N) is 1. The molecule has 0 spiro atoms. The van der Waals surface area contributed by atoms with Crippen molar-refractivity contribution < 1.29 is 14.3 Å².